The number of fused-ring (bicyclic) bond motifs is 1. The quantitative estimate of drug-likeness (QED) is 0.850. The maximum absolute atomic E-state index is 10.6. The Balaban J connectivity index is 2.24. The number of carbonyl (C=O) groups excluding carboxylic acids is 1. The van der Waals surface area contributed by atoms with Crippen molar-refractivity contribution in [2.75, 3.05) is 0 Å². The molecule has 0 atom stereocenters. The van der Waals surface area contributed by atoms with Crippen molar-refractivity contribution < 1.29 is 9.53 Å². The lowest BCUT2D eigenvalue weighted by Gasteiger charge is -1.98. The lowest BCUT2D eigenvalue weighted by Crippen LogP contribution is -2.16. The van der Waals surface area contributed by atoms with E-state index in [4.69, 9.17) is 10.5 Å². The van der Waals surface area contributed by atoms with E-state index in [1.165, 1.54) is 5.56 Å². The van der Waals surface area contributed by atoms with Crippen LogP contribution in [0.15, 0.2) is 18.2 Å². The molecule has 0 aliphatic carbocycles. The molecular formula is C12H15N3O2. The van der Waals surface area contributed by atoms with Crippen LogP contribution in [0.3, 0.4) is 0 Å². The second-order valence-corrected chi connectivity index (χ2v) is 3.92. The number of H-pyrrole nitrogens is 1. The van der Waals surface area contributed by atoms with Crippen molar-refractivity contribution in [1.29, 1.82) is 0 Å². The maximum atomic E-state index is 10.6. The normalized spacial score (nSPS) is 10.6. The SMILES string of the molecule is CCCCc1ccc2nc(OC(N)=O)[nH]c2c1. The molecule has 0 fully saturated rings. The summed E-state index contributed by atoms with van der Waals surface area (Å²) in [4.78, 5) is 17.6. The molecule has 5 nitrogen and oxygen atoms in total. The maximum Gasteiger partial charge on any atom is 0.412 e. The predicted molar refractivity (Wildman–Crippen MR) is 64.9 cm³/mol. The van der Waals surface area contributed by atoms with Crippen molar-refractivity contribution in [3.05, 3.63) is 23.8 Å². The molecular weight excluding hydrogens is 218 g/mol. The van der Waals surface area contributed by atoms with Crippen molar-refractivity contribution in [3.63, 3.8) is 0 Å². The fraction of sp³-hybridized carbons (Fsp3) is 0.333. The van der Waals surface area contributed by atoms with Crippen molar-refractivity contribution in [1.82, 2.24) is 9.97 Å². The zero-order valence-electron chi connectivity index (χ0n) is 9.69. The van der Waals surface area contributed by atoms with Crippen molar-refractivity contribution in [2.24, 2.45) is 5.73 Å². The number of carbonyl (C=O) groups is 1. The van der Waals surface area contributed by atoms with Gasteiger partial charge < -0.3 is 15.5 Å². The van der Waals surface area contributed by atoms with E-state index in [-0.39, 0.29) is 6.01 Å². The molecule has 0 radical (unpaired) electrons. The number of amides is 1. The van der Waals surface area contributed by atoms with E-state index in [2.05, 4.69) is 16.9 Å². The molecule has 2 rings (SSSR count). The minimum atomic E-state index is -0.865. The molecule has 1 aromatic carbocycles. The Kier molecular flexibility index (Phi) is 3.27. The van der Waals surface area contributed by atoms with Crippen molar-refractivity contribution >= 4 is 17.1 Å². The molecule has 0 aliphatic heterocycles. The molecule has 0 unspecified atom stereocenters. The number of unbranched alkanes of at least 4 members (excludes halogenated alkanes) is 1. The summed E-state index contributed by atoms with van der Waals surface area (Å²) >= 11 is 0. The third-order valence-corrected chi connectivity index (χ3v) is 2.54. The minimum Gasteiger partial charge on any atom is -0.376 e. The molecule has 1 aromatic heterocycles. The van der Waals surface area contributed by atoms with E-state index in [0.29, 0.717) is 0 Å². The Bertz CT molecular complexity index is 534. The van der Waals surface area contributed by atoms with E-state index in [1.54, 1.807) is 0 Å². The number of imidazole rings is 1. The first-order valence-corrected chi connectivity index (χ1v) is 5.65. The fourth-order valence-corrected chi connectivity index (χ4v) is 1.71. The molecule has 1 amide bonds. The summed E-state index contributed by atoms with van der Waals surface area (Å²) in [6.07, 6.45) is 2.49. The first kappa shape index (κ1) is 11.4. The third kappa shape index (κ3) is 2.75. The first-order chi connectivity index (χ1) is 8.19. The molecule has 1 heterocycles. The number of hydrogen-bond acceptors (Lipinski definition) is 3. The standard InChI is InChI=1S/C12H15N3O2/c1-2-3-4-8-5-6-9-10(7-8)15-12(14-9)17-11(13)16/h5-7H,2-4H2,1H3,(H2,13,16)(H,14,15). The molecule has 90 valence electrons. The van der Waals surface area contributed by atoms with Gasteiger partial charge in [0.2, 0.25) is 0 Å². The van der Waals surface area contributed by atoms with Crippen LogP contribution >= 0.6 is 0 Å². The van der Waals surface area contributed by atoms with Gasteiger partial charge in [0.25, 0.3) is 0 Å². The lowest BCUT2D eigenvalue weighted by molar-refractivity contribution is 0.207. The van der Waals surface area contributed by atoms with Gasteiger partial charge in [-0.25, -0.2) is 4.79 Å². The summed E-state index contributed by atoms with van der Waals surface area (Å²) in [6.45, 7) is 2.16. The summed E-state index contributed by atoms with van der Waals surface area (Å²) < 4.78 is 4.69. The van der Waals surface area contributed by atoms with Crippen molar-refractivity contribution in [3.8, 4) is 6.01 Å². The van der Waals surface area contributed by atoms with Gasteiger partial charge in [0.05, 0.1) is 11.0 Å². The first-order valence-electron chi connectivity index (χ1n) is 5.65. The van der Waals surface area contributed by atoms with Crippen LogP contribution in [0, 0.1) is 0 Å². The number of ether oxygens (including phenoxy) is 1. The van der Waals surface area contributed by atoms with Crippen LogP contribution in [0.5, 0.6) is 6.01 Å². The summed E-state index contributed by atoms with van der Waals surface area (Å²) in [7, 11) is 0. The van der Waals surface area contributed by atoms with Crippen LogP contribution in [0.25, 0.3) is 11.0 Å². The number of nitrogens with two attached hydrogens (primary N) is 1. The number of rotatable bonds is 4. The number of primary amides is 1. The van der Waals surface area contributed by atoms with Gasteiger partial charge in [0, 0.05) is 0 Å². The Morgan fingerprint density at radius 3 is 3.06 bits per heavy atom. The largest absolute Gasteiger partial charge is 0.412 e. The lowest BCUT2D eigenvalue weighted by atomic mass is 10.1. The van der Waals surface area contributed by atoms with Gasteiger partial charge in [-0.05, 0) is 30.5 Å². The number of nitrogens with one attached hydrogen (secondary N) is 1. The highest BCUT2D eigenvalue weighted by Crippen LogP contribution is 2.18. The van der Waals surface area contributed by atoms with Gasteiger partial charge in [0.1, 0.15) is 0 Å². The van der Waals surface area contributed by atoms with Gasteiger partial charge in [-0.2, -0.15) is 4.98 Å². The van der Waals surface area contributed by atoms with E-state index >= 15 is 0 Å². The molecule has 3 N–H and O–H groups in total. The summed E-state index contributed by atoms with van der Waals surface area (Å²) in [5.41, 5.74) is 7.79. The van der Waals surface area contributed by atoms with E-state index in [9.17, 15) is 4.79 Å². The number of hydrogen-bond donors (Lipinski definition) is 2. The summed E-state index contributed by atoms with van der Waals surface area (Å²) in [5, 5.41) is 0. The molecule has 2 aromatic rings. The molecule has 0 aliphatic rings. The molecule has 0 bridgehead atoms. The monoisotopic (exact) mass is 233 g/mol. The molecule has 0 saturated carbocycles. The van der Waals surface area contributed by atoms with Crippen LogP contribution in [0.1, 0.15) is 25.3 Å². The van der Waals surface area contributed by atoms with Gasteiger partial charge in [-0.15, -0.1) is 0 Å². The van der Waals surface area contributed by atoms with Gasteiger partial charge in [-0.3, -0.25) is 0 Å². The molecule has 5 heteroatoms. The Hall–Kier alpha value is -2.04. The molecule has 0 spiro atoms. The minimum absolute atomic E-state index is 0.139. The third-order valence-electron chi connectivity index (χ3n) is 2.54. The zero-order valence-corrected chi connectivity index (χ0v) is 9.69. The number of benzene rings is 1. The average Bonchev–Trinajstić information content (AvgIpc) is 2.66. The Labute approximate surface area is 99.0 Å². The highest BCUT2D eigenvalue weighted by atomic mass is 16.6. The topological polar surface area (TPSA) is 81.0 Å². The van der Waals surface area contributed by atoms with Gasteiger partial charge >= 0.3 is 12.1 Å². The number of aromatic amines is 1. The van der Waals surface area contributed by atoms with Crippen LogP contribution < -0.4 is 10.5 Å². The van der Waals surface area contributed by atoms with Crippen molar-refractivity contribution in [2.45, 2.75) is 26.2 Å². The number of aryl methyl sites for hydroxylation is 1. The van der Waals surface area contributed by atoms with E-state index in [0.717, 1.165) is 30.3 Å². The second kappa shape index (κ2) is 4.86. The zero-order chi connectivity index (χ0) is 12.3. The number of nitrogens with zero attached hydrogens (tertiary/aromatic N) is 1. The highest BCUT2D eigenvalue weighted by Gasteiger charge is 2.06. The second-order valence-electron chi connectivity index (χ2n) is 3.92. The van der Waals surface area contributed by atoms with Crippen LogP contribution in [-0.4, -0.2) is 16.1 Å². The predicted octanol–water partition coefficient (Wildman–Crippen LogP) is 2.36. The average molecular weight is 233 g/mol. The summed E-state index contributed by atoms with van der Waals surface area (Å²) in [5.74, 6) is 0. The smallest absolute Gasteiger partial charge is 0.376 e. The van der Waals surface area contributed by atoms with Gasteiger partial charge in [0.15, 0.2) is 0 Å². The van der Waals surface area contributed by atoms with Crippen LogP contribution in [-0.2, 0) is 6.42 Å². The van der Waals surface area contributed by atoms with E-state index < -0.39 is 6.09 Å². The highest BCUT2D eigenvalue weighted by molar-refractivity contribution is 5.77. The Morgan fingerprint density at radius 1 is 1.53 bits per heavy atom. The fourth-order valence-electron chi connectivity index (χ4n) is 1.71. The van der Waals surface area contributed by atoms with Gasteiger partial charge in [-0.1, -0.05) is 19.4 Å². The van der Waals surface area contributed by atoms with Crippen LogP contribution in [0.4, 0.5) is 4.79 Å². The summed E-state index contributed by atoms with van der Waals surface area (Å²) in [6, 6.07) is 6.10. The number of aromatic nitrogens is 2. The van der Waals surface area contributed by atoms with Crippen LogP contribution in [0.2, 0.25) is 0 Å². The Morgan fingerprint density at radius 2 is 2.35 bits per heavy atom. The van der Waals surface area contributed by atoms with E-state index in [1.807, 2.05) is 18.2 Å². The molecule has 0 saturated heterocycles. The molecule has 17 heavy (non-hydrogen) atoms.